The van der Waals surface area contributed by atoms with Crippen molar-refractivity contribution in [1.29, 1.82) is 0 Å². The topological polar surface area (TPSA) is 80.2 Å². The number of amides is 2. The van der Waals surface area contributed by atoms with E-state index in [9.17, 15) is 14.4 Å². The summed E-state index contributed by atoms with van der Waals surface area (Å²) in [6.45, 7) is 3.81. The Morgan fingerprint density at radius 2 is 1.71 bits per heavy atom. The Morgan fingerprint density at radius 1 is 0.971 bits per heavy atom. The third kappa shape index (κ3) is 5.58. The minimum Gasteiger partial charge on any atom is -0.326 e. The second-order valence-corrected chi connectivity index (χ2v) is 10.1. The Labute approximate surface area is 206 Å². The molecule has 0 bridgehead atoms. The van der Waals surface area contributed by atoms with E-state index < -0.39 is 6.04 Å². The van der Waals surface area contributed by atoms with Crippen molar-refractivity contribution in [3.63, 3.8) is 0 Å². The molecule has 1 atom stereocenters. The van der Waals surface area contributed by atoms with Crippen LogP contribution in [-0.2, 0) is 16.0 Å². The van der Waals surface area contributed by atoms with Crippen LogP contribution in [0.3, 0.4) is 0 Å². The highest BCUT2D eigenvalue weighted by atomic mass is 32.2. The molecule has 0 aliphatic carbocycles. The van der Waals surface area contributed by atoms with Crippen LogP contribution in [0, 0.1) is 0 Å². The predicted octanol–water partition coefficient (Wildman–Crippen LogP) is 5.56. The number of hydrogen-bond donors (Lipinski definition) is 2. The van der Waals surface area contributed by atoms with Crippen molar-refractivity contribution in [3.8, 4) is 0 Å². The largest absolute Gasteiger partial charge is 0.326 e. The molecule has 0 radical (unpaired) electrons. The number of aromatic nitrogens is 1. The summed E-state index contributed by atoms with van der Waals surface area (Å²) in [7, 11) is 0. The second-order valence-electron chi connectivity index (χ2n) is 7.75. The Hall–Kier alpha value is -3.36. The zero-order valence-corrected chi connectivity index (χ0v) is 20.5. The van der Waals surface area contributed by atoms with Crippen LogP contribution in [-0.4, -0.2) is 22.1 Å². The fourth-order valence-corrected chi connectivity index (χ4v) is 5.29. The van der Waals surface area contributed by atoms with Crippen LogP contribution in [0.4, 0.5) is 11.4 Å². The molecule has 1 unspecified atom stereocenters. The molecule has 0 aliphatic rings. The summed E-state index contributed by atoms with van der Waals surface area (Å²) in [5, 5.41) is 5.75. The first kappa shape index (κ1) is 23.8. The Kier molecular flexibility index (Phi) is 7.49. The summed E-state index contributed by atoms with van der Waals surface area (Å²) in [4.78, 5) is 38.9. The highest BCUT2D eigenvalue weighted by Gasteiger charge is 2.20. The van der Waals surface area contributed by atoms with Gasteiger partial charge >= 0.3 is 4.87 Å². The number of rotatable bonds is 8. The smallest absolute Gasteiger partial charge is 0.308 e. The number of thiazole rings is 1. The third-order valence-corrected chi connectivity index (χ3v) is 7.12. The van der Waals surface area contributed by atoms with Gasteiger partial charge in [-0.3, -0.25) is 19.0 Å². The molecule has 4 rings (SSSR count). The molecule has 0 fully saturated rings. The molecule has 1 heterocycles. The van der Waals surface area contributed by atoms with E-state index in [1.54, 1.807) is 49.0 Å². The number of para-hydroxylation sites is 1. The van der Waals surface area contributed by atoms with Gasteiger partial charge < -0.3 is 10.6 Å². The summed E-state index contributed by atoms with van der Waals surface area (Å²) >= 11 is 2.82. The first-order valence-corrected chi connectivity index (χ1v) is 12.8. The van der Waals surface area contributed by atoms with E-state index in [-0.39, 0.29) is 23.1 Å². The molecule has 6 nitrogen and oxygen atoms in total. The van der Waals surface area contributed by atoms with Crippen molar-refractivity contribution in [2.45, 2.75) is 31.2 Å². The van der Waals surface area contributed by atoms with Crippen LogP contribution in [0.25, 0.3) is 10.2 Å². The minimum absolute atomic E-state index is 0.127. The van der Waals surface area contributed by atoms with E-state index in [1.807, 2.05) is 42.5 Å². The van der Waals surface area contributed by atoms with Gasteiger partial charge in [-0.25, -0.2) is 0 Å². The number of fused-ring (bicyclic) bond motifs is 1. The maximum Gasteiger partial charge on any atom is 0.308 e. The quantitative estimate of drug-likeness (QED) is 0.317. The van der Waals surface area contributed by atoms with Crippen molar-refractivity contribution in [1.82, 2.24) is 4.57 Å². The summed E-state index contributed by atoms with van der Waals surface area (Å²) < 4.78 is 2.20. The fraction of sp³-hybridized carbons (Fsp3) is 0.192. The normalized spacial score (nSPS) is 11.8. The number of hydrogen-bond acceptors (Lipinski definition) is 5. The van der Waals surface area contributed by atoms with Crippen LogP contribution in [0.1, 0.15) is 25.5 Å². The molecule has 0 saturated heterocycles. The van der Waals surface area contributed by atoms with Gasteiger partial charge in [0.15, 0.2) is 0 Å². The monoisotopic (exact) mass is 491 g/mol. The average molecular weight is 492 g/mol. The number of benzene rings is 3. The summed E-state index contributed by atoms with van der Waals surface area (Å²) in [6, 6.07) is 21.7. The van der Waals surface area contributed by atoms with Crippen molar-refractivity contribution >= 4 is 56.5 Å². The fourth-order valence-electron chi connectivity index (χ4n) is 3.63. The highest BCUT2D eigenvalue weighted by molar-refractivity contribution is 7.99. The lowest BCUT2D eigenvalue weighted by molar-refractivity contribution is -0.118. The Bertz CT molecular complexity index is 1360. The first-order valence-electron chi connectivity index (χ1n) is 11.0. The van der Waals surface area contributed by atoms with Gasteiger partial charge in [0.25, 0.3) is 0 Å². The van der Waals surface area contributed by atoms with Crippen molar-refractivity contribution in [2.75, 3.05) is 16.4 Å². The highest BCUT2D eigenvalue weighted by Crippen LogP contribution is 2.25. The van der Waals surface area contributed by atoms with E-state index in [2.05, 4.69) is 17.6 Å². The van der Waals surface area contributed by atoms with Gasteiger partial charge in [-0.05, 0) is 60.7 Å². The second kappa shape index (κ2) is 10.7. The number of anilines is 2. The van der Waals surface area contributed by atoms with Gasteiger partial charge in [-0.1, -0.05) is 48.6 Å². The molecule has 0 spiro atoms. The predicted molar refractivity (Wildman–Crippen MR) is 141 cm³/mol. The molecule has 2 amide bonds. The maximum atomic E-state index is 12.7. The van der Waals surface area contributed by atoms with Crippen molar-refractivity contribution in [2.24, 2.45) is 0 Å². The molecular weight excluding hydrogens is 466 g/mol. The van der Waals surface area contributed by atoms with E-state index in [4.69, 9.17) is 0 Å². The zero-order chi connectivity index (χ0) is 24.1. The van der Waals surface area contributed by atoms with E-state index in [0.717, 1.165) is 22.7 Å². The van der Waals surface area contributed by atoms with Gasteiger partial charge in [0, 0.05) is 16.3 Å². The number of nitrogens with zero attached hydrogens (tertiary/aromatic N) is 1. The lowest BCUT2D eigenvalue weighted by atomic mass is 10.1. The number of thioether (sulfide) groups is 1. The van der Waals surface area contributed by atoms with Gasteiger partial charge in [-0.2, -0.15) is 0 Å². The lowest BCUT2D eigenvalue weighted by Crippen LogP contribution is -2.28. The van der Waals surface area contributed by atoms with Gasteiger partial charge in [0.2, 0.25) is 11.8 Å². The SMILES string of the molecule is CCSc1ccc(CC(=O)Nc2ccc3c(c2)sc(=O)n3C(C)C(=O)Nc2ccccc2)cc1. The summed E-state index contributed by atoms with van der Waals surface area (Å²) in [5.41, 5.74) is 2.89. The molecule has 0 saturated carbocycles. The van der Waals surface area contributed by atoms with Crippen LogP contribution in [0.15, 0.2) is 82.5 Å². The molecule has 2 N–H and O–H groups in total. The van der Waals surface area contributed by atoms with Crippen LogP contribution >= 0.6 is 23.1 Å². The standard InChI is InChI=1S/C26H25N3O3S2/c1-3-33-21-12-9-18(10-13-21)15-24(30)27-20-11-14-22-23(16-20)34-26(32)29(22)17(2)25(31)28-19-7-5-4-6-8-19/h4-14,16-17H,3,15H2,1-2H3,(H,27,30)(H,28,31). The van der Waals surface area contributed by atoms with Gasteiger partial charge in [0.1, 0.15) is 6.04 Å². The van der Waals surface area contributed by atoms with Crippen molar-refractivity contribution < 1.29 is 9.59 Å². The molecule has 174 valence electrons. The van der Waals surface area contributed by atoms with E-state index in [0.29, 0.717) is 21.6 Å². The molecule has 8 heteroatoms. The Morgan fingerprint density at radius 3 is 2.41 bits per heavy atom. The zero-order valence-electron chi connectivity index (χ0n) is 18.9. The maximum absolute atomic E-state index is 12.7. The van der Waals surface area contributed by atoms with Crippen molar-refractivity contribution in [3.05, 3.63) is 88.0 Å². The van der Waals surface area contributed by atoms with Crippen LogP contribution in [0.5, 0.6) is 0 Å². The minimum atomic E-state index is -0.684. The first-order chi connectivity index (χ1) is 16.4. The van der Waals surface area contributed by atoms with E-state index in [1.165, 1.54) is 9.46 Å². The Balaban J connectivity index is 1.46. The third-order valence-electron chi connectivity index (χ3n) is 5.30. The molecule has 4 aromatic rings. The van der Waals surface area contributed by atoms with Gasteiger partial charge in [0.05, 0.1) is 16.6 Å². The summed E-state index contributed by atoms with van der Waals surface area (Å²) in [5.74, 6) is 0.610. The van der Waals surface area contributed by atoms with Crippen LogP contribution in [0.2, 0.25) is 0 Å². The number of carbonyl (C=O) groups is 2. The van der Waals surface area contributed by atoms with Gasteiger partial charge in [-0.15, -0.1) is 11.8 Å². The molecule has 34 heavy (non-hydrogen) atoms. The van der Waals surface area contributed by atoms with Crippen LogP contribution < -0.4 is 15.5 Å². The lowest BCUT2D eigenvalue weighted by Gasteiger charge is -2.14. The molecule has 1 aromatic heterocycles. The molecule has 0 aliphatic heterocycles. The number of carbonyl (C=O) groups excluding carboxylic acids is 2. The number of nitrogens with one attached hydrogen (secondary N) is 2. The molecular formula is C26H25N3O3S2. The van der Waals surface area contributed by atoms with E-state index >= 15 is 0 Å². The molecule has 3 aromatic carbocycles. The average Bonchev–Trinajstić information content (AvgIpc) is 3.15. The summed E-state index contributed by atoms with van der Waals surface area (Å²) in [6.07, 6.45) is 0.267.